The van der Waals surface area contributed by atoms with E-state index < -0.39 is 10.2 Å². The number of hydrogen-bond acceptors (Lipinski definition) is 4. The summed E-state index contributed by atoms with van der Waals surface area (Å²) in [6.45, 7) is 5.09. The Hall–Kier alpha value is -0.990. The predicted octanol–water partition coefficient (Wildman–Crippen LogP) is 0.261. The third-order valence-electron chi connectivity index (χ3n) is 2.17. The fraction of sp³-hybridized carbons (Fsp3) is 0.778. The van der Waals surface area contributed by atoms with Gasteiger partial charge in [-0.1, -0.05) is 13.8 Å². The van der Waals surface area contributed by atoms with Gasteiger partial charge >= 0.3 is 0 Å². The molecule has 0 spiro atoms. The van der Waals surface area contributed by atoms with Crippen molar-refractivity contribution < 1.29 is 8.42 Å². The first-order valence-electron chi connectivity index (χ1n) is 5.69. The lowest BCUT2D eigenvalue weighted by atomic mass is 10.4. The van der Waals surface area contributed by atoms with E-state index in [-0.39, 0.29) is 6.54 Å². The van der Waals surface area contributed by atoms with E-state index in [9.17, 15) is 8.42 Å². The number of aromatic amines is 1. The van der Waals surface area contributed by atoms with Crippen molar-refractivity contribution in [2.24, 2.45) is 0 Å². The Bertz CT molecular complexity index is 397. The van der Waals surface area contributed by atoms with E-state index >= 15 is 0 Å². The number of nitrogens with zero attached hydrogens (tertiary/aromatic N) is 3. The van der Waals surface area contributed by atoms with Crippen molar-refractivity contribution in [2.45, 2.75) is 33.2 Å². The van der Waals surface area contributed by atoms with Crippen molar-refractivity contribution in [1.29, 1.82) is 0 Å². The smallest absolute Gasteiger partial charge is 0.262 e. The van der Waals surface area contributed by atoms with Crippen LogP contribution in [0.5, 0.6) is 0 Å². The summed E-state index contributed by atoms with van der Waals surface area (Å²) in [4.78, 5) is 3.86. The molecule has 98 valence electrons. The average molecular weight is 261 g/mol. The van der Waals surface area contributed by atoms with Gasteiger partial charge in [-0.25, -0.2) is 4.98 Å². The van der Waals surface area contributed by atoms with Crippen molar-refractivity contribution in [3.8, 4) is 0 Å². The zero-order valence-corrected chi connectivity index (χ0v) is 11.0. The second-order valence-corrected chi connectivity index (χ2v) is 5.41. The number of rotatable bonds is 8. The van der Waals surface area contributed by atoms with Crippen LogP contribution in [-0.2, 0) is 16.8 Å². The third-order valence-corrected chi connectivity index (χ3v) is 3.73. The van der Waals surface area contributed by atoms with Crippen LogP contribution in [0.25, 0.3) is 0 Å². The highest BCUT2D eigenvalue weighted by Gasteiger charge is 2.19. The first kappa shape index (κ1) is 14.1. The highest BCUT2D eigenvalue weighted by atomic mass is 32.2. The summed E-state index contributed by atoms with van der Waals surface area (Å²) >= 11 is 0. The standard InChI is InChI=1S/C9H19N5O2S/c1-3-5-14(6-4-2)17(15,16)12-7-9-10-8-11-13-9/h8,12H,3-7H2,1-2H3,(H,10,11,13). The number of nitrogens with one attached hydrogen (secondary N) is 2. The van der Waals surface area contributed by atoms with Gasteiger partial charge < -0.3 is 0 Å². The Morgan fingerprint density at radius 3 is 2.47 bits per heavy atom. The fourth-order valence-corrected chi connectivity index (χ4v) is 2.77. The number of H-pyrrole nitrogens is 1. The molecular formula is C9H19N5O2S. The molecule has 1 rings (SSSR count). The first-order chi connectivity index (χ1) is 8.10. The molecule has 7 nitrogen and oxygen atoms in total. The number of aromatic nitrogens is 3. The van der Waals surface area contributed by atoms with Gasteiger partial charge in [0.2, 0.25) is 0 Å². The molecule has 0 saturated carbocycles. The molecule has 0 fully saturated rings. The fourth-order valence-electron chi connectivity index (χ4n) is 1.42. The molecular weight excluding hydrogens is 242 g/mol. The van der Waals surface area contributed by atoms with Crippen LogP contribution in [0.3, 0.4) is 0 Å². The Labute approximate surface area is 102 Å². The van der Waals surface area contributed by atoms with Crippen LogP contribution in [0.15, 0.2) is 6.33 Å². The van der Waals surface area contributed by atoms with Crippen LogP contribution in [0.4, 0.5) is 0 Å². The molecule has 2 N–H and O–H groups in total. The lowest BCUT2D eigenvalue weighted by Gasteiger charge is -2.20. The van der Waals surface area contributed by atoms with E-state index in [4.69, 9.17) is 0 Å². The third kappa shape index (κ3) is 4.41. The molecule has 1 aromatic heterocycles. The topological polar surface area (TPSA) is 91.0 Å². The minimum Gasteiger partial charge on any atom is -0.262 e. The van der Waals surface area contributed by atoms with Gasteiger partial charge in [0.15, 0.2) is 0 Å². The van der Waals surface area contributed by atoms with E-state index in [0.29, 0.717) is 18.9 Å². The van der Waals surface area contributed by atoms with Crippen molar-refractivity contribution in [1.82, 2.24) is 24.2 Å². The summed E-state index contributed by atoms with van der Waals surface area (Å²) in [6, 6.07) is 0. The summed E-state index contributed by atoms with van der Waals surface area (Å²) in [5, 5.41) is 6.26. The molecule has 0 unspecified atom stereocenters. The molecule has 0 radical (unpaired) electrons. The van der Waals surface area contributed by atoms with Crippen molar-refractivity contribution in [2.75, 3.05) is 13.1 Å². The Kier molecular flexibility index (Phi) is 5.52. The second kappa shape index (κ2) is 6.67. The molecule has 0 aliphatic rings. The maximum atomic E-state index is 12.0. The normalized spacial score (nSPS) is 12.2. The van der Waals surface area contributed by atoms with Gasteiger partial charge in [-0.15, -0.1) is 0 Å². The van der Waals surface area contributed by atoms with Crippen molar-refractivity contribution in [3.05, 3.63) is 12.2 Å². The Morgan fingerprint density at radius 2 is 2.00 bits per heavy atom. The molecule has 0 aliphatic carbocycles. The van der Waals surface area contributed by atoms with E-state index in [1.54, 1.807) is 0 Å². The molecule has 8 heteroatoms. The second-order valence-electron chi connectivity index (χ2n) is 3.66. The highest BCUT2D eigenvalue weighted by molar-refractivity contribution is 7.87. The molecule has 0 aliphatic heterocycles. The van der Waals surface area contributed by atoms with Gasteiger partial charge in [0.1, 0.15) is 12.2 Å². The van der Waals surface area contributed by atoms with Crippen LogP contribution in [-0.4, -0.2) is 41.0 Å². The lowest BCUT2D eigenvalue weighted by Crippen LogP contribution is -2.41. The van der Waals surface area contributed by atoms with Gasteiger partial charge in [-0.2, -0.15) is 22.5 Å². The van der Waals surface area contributed by atoms with Crippen molar-refractivity contribution in [3.63, 3.8) is 0 Å². The lowest BCUT2D eigenvalue weighted by molar-refractivity contribution is 0.401. The number of hydrogen-bond donors (Lipinski definition) is 2. The van der Waals surface area contributed by atoms with E-state index in [2.05, 4.69) is 19.9 Å². The van der Waals surface area contributed by atoms with E-state index in [0.717, 1.165) is 12.8 Å². The van der Waals surface area contributed by atoms with E-state index in [1.165, 1.54) is 10.6 Å². The highest BCUT2D eigenvalue weighted by Crippen LogP contribution is 2.02. The summed E-state index contributed by atoms with van der Waals surface area (Å²) in [7, 11) is -3.43. The van der Waals surface area contributed by atoms with Crippen LogP contribution in [0, 0.1) is 0 Å². The van der Waals surface area contributed by atoms with Gasteiger partial charge in [0, 0.05) is 13.1 Å². The minimum atomic E-state index is -3.43. The SMILES string of the molecule is CCCN(CCC)S(=O)(=O)NCc1ncn[nH]1. The van der Waals surface area contributed by atoms with Crippen molar-refractivity contribution >= 4 is 10.2 Å². The van der Waals surface area contributed by atoms with Crippen LogP contribution >= 0.6 is 0 Å². The van der Waals surface area contributed by atoms with Gasteiger partial charge in [-0.05, 0) is 12.8 Å². The van der Waals surface area contributed by atoms with Gasteiger partial charge in [0.05, 0.1) is 6.54 Å². The first-order valence-corrected chi connectivity index (χ1v) is 7.13. The van der Waals surface area contributed by atoms with Crippen LogP contribution in [0.1, 0.15) is 32.5 Å². The molecule has 0 amide bonds. The zero-order valence-electron chi connectivity index (χ0n) is 10.2. The molecule has 1 heterocycles. The van der Waals surface area contributed by atoms with E-state index in [1.807, 2.05) is 13.8 Å². The quantitative estimate of drug-likeness (QED) is 0.702. The zero-order chi connectivity index (χ0) is 12.7. The van der Waals surface area contributed by atoms with Gasteiger partial charge in [-0.3, -0.25) is 5.10 Å². The Balaban J connectivity index is 2.58. The Morgan fingerprint density at radius 1 is 1.35 bits per heavy atom. The maximum absolute atomic E-state index is 12.0. The molecule has 0 atom stereocenters. The largest absolute Gasteiger partial charge is 0.279 e. The minimum absolute atomic E-state index is 0.131. The molecule has 0 bridgehead atoms. The summed E-state index contributed by atoms with van der Waals surface area (Å²) < 4.78 is 27.9. The molecule has 17 heavy (non-hydrogen) atoms. The molecule has 0 aromatic carbocycles. The average Bonchev–Trinajstić information content (AvgIpc) is 2.79. The monoisotopic (exact) mass is 261 g/mol. The summed E-state index contributed by atoms with van der Waals surface area (Å²) in [5.41, 5.74) is 0. The molecule has 0 saturated heterocycles. The van der Waals surface area contributed by atoms with Crippen LogP contribution < -0.4 is 4.72 Å². The predicted molar refractivity (Wildman–Crippen MR) is 64.3 cm³/mol. The maximum Gasteiger partial charge on any atom is 0.279 e. The summed E-state index contributed by atoms with van der Waals surface area (Å²) in [5.74, 6) is 0.501. The molecule has 1 aromatic rings. The van der Waals surface area contributed by atoms with Crippen LogP contribution in [0.2, 0.25) is 0 Å². The summed E-state index contributed by atoms with van der Waals surface area (Å²) in [6.07, 6.45) is 2.94. The van der Waals surface area contributed by atoms with Gasteiger partial charge in [0.25, 0.3) is 10.2 Å².